The van der Waals surface area contributed by atoms with Gasteiger partial charge in [0.15, 0.2) is 0 Å². The molecule has 0 aliphatic heterocycles. The number of carbonyl (C=O) groups is 2. The summed E-state index contributed by atoms with van der Waals surface area (Å²) in [5.74, 6) is 2.36. The van der Waals surface area contributed by atoms with Crippen molar-refractivity contribution < 1.29 is 14.3 Å². The number of ketones is 1. The molecule has 0 heterocycles. The van der Waals surface area contributed by atoms with Crippen molar-refractivity contribution in [2.24, 2.45) is 39.9 Å². The maximum Gasteiger partial charge on any atom is 0.311 e. The molecule has 3 heteroatoms. The second-order valence-corrected chi connectivity index (χ2v) is 11.1. The number of allylic oxidation sites excluding steroid dienone is 3. The highest BCUT2D eigenvalue weighted by Gasteiger charge is 2.59. The summed E-state index contributed by atoms with van der Waals surface area (Å²) in [7, 11) is 0. The number of hydrogen-bond donors (Lipinski definition) is 0. The van der Waals surface area contributed by atoms with Crippen LogP contribution in [0.4, 0.5) is 0 Å². The van der Waals surface area contributed by atoms with Crippen LogP contribution in [0.5, 0.6) is 0 Å². The highest BCUT2D eigenvalue weighted by Crippen LogP contribution is 2.64. The molecule has 3 saturated carbocycles. The van der Waals surface area contributed by atoms with Gasteiger partial charge in [0.2, 0.25) is 0 Å². The van der Waals surface area contributed by atoms with Crippen molar-refractivity contribution in [3.63, 3.8) is 0 Å². The molecular formula is C25H36O3. The molecule has 0 amide bonds. The molecule has 4 rings (SSSR count). The smallest absolute Gasteiger partial charge is 0.311 e. The molecule has 3 fully saturated rings. The first-order valence-electron chi connectivity index (χ1n) is 11.2. The van der Waals surface area contributed by atoms with Crippen LogP contribution in [-0.2, 0) is 14.3 Å². The molecule has 0 aromatic heterocycles. The fourth-order valence-electron chi connectivity index (χ4n) is 6.90. The lowest BCUT2D eigenvalue weighted by Gasteiger charge is -2.57. The fourth-order valence-corrected chi connectivity index (χ4v) is 6.90. The van der Waals surface area contributed by atoms with Crippen molar-refractivity contribution in [3.05, 3.63) is 24.8 Å². The highest BCUT2D eigenvalue weighted by atomic mass is 16.5. The molecule has 0 aromatic rings. The lowest BCUT2D eigenvalue weighted by Crippen LogP contribution is -2.52. The summed E-state index contributed by atoms with van der Waals surface area (Å²) in [4.78, 5) is 25.0. The van der Waals surface area contributed by atoms with E-state index in [-0.39, 0.29) is 22.9 Å². The van der Waals surface area contributed by atoms with Crippen molar-refractivity contribution in [2.75, 3.05) is 0 Å². The van der Waals surface area contributed by atoms with Gasteiger partial charge < -0.3 is 4.74 Å². The molecule has 0 unspecified atom stereocenters. The van der Waals surface area contributed by atoms with E-state index in [1.807, 2.05) is 26.8 Å². The Morgan fingerprint density at radius 1 is 1.18 bits per heavy atom. The van der Waals surface area contributed by atoms with Gasteiger partial charge in [0.25, 0.3) is 0 Å². The minimum Gasteiger partial charge on any atom is -0.462 e. The molecule has 0 N–H and O–H groups in total. The summed E-state index contributed by atoms with van der Waals surface area (Å²) in [5, 5.41) is 0. The van der Waals surface area contributed by atoms with Crippen molar-refractivity contribution in [1.29, 1.82) is 0 Å². The number of esters is 1. The van der Waals surface area contributed by atoms with E-state index in [4.69, 9.17) is 4.74 Å². The van der Waals surface area contributed by atoms with Gasteiger partial charge in [0.1, 0.15) is 11.9 Å². The van der Waals surface area contributed by atoms with E-state index in [0.29, 0.717) is 29.5 Å². The predicted octanol–water partition coefficient (Wildman–Crippen LogP) is 5.50. The summed E-state index contributed by atoms with van der Waals surface area (Å²) in [5.41, 5.74) is -0.460. The van der Waals surface area contributed by atoms with Gasteiger partial charge in [0.05, 0.1) is 10.8 Å². The van der Waals surface area contributed by atoms with Crippen LogP contribution in [0, 0.1) is 39.9 Å². The Kier molecular flexibility index (Phi) is 4.67. The molecule has 0 spiro atoms. The molecule has 4 aliphatic rings. The van der Waals surface area contributed by atoms with Gasteiger partial charge in [-0.1, -0.05) is 25.2 Å². The van der Waals surface area contributed by atoms with Crippen LogP contribution in [0.1, 0.15) is 72.6 Å². The molecular weight excluding hydrogens is 348 g/mol. The SMILES string of the molecule is C=C[C@]12CC[C@H]3[C@@H](C=C[C@@H]4C[C@@H](OC(=O)C(C)(C)C)CC[C@@]43C)[C@@H]1CCC2=O. The van der Waals surface area contributed by atoms with E-state index in [2.05, 4.69) is 25.7 Å². The zero-order valence-electron chi connectivity index (χ0n) is 18.0. The maximum absolute atomic E-state index is 12.7. The van der Waals surface area contributed by atoms with Crippen LogP contribution in [0.3, 0.4) is 0 Å². The normalized spacial score (nSPS) is 45.0. The Labute approximate surface area is 170 Å². The van der Waals surface area contributed by atoms with E-state index >= 15 is 0 Å². The van der Waals surface area contributed by atoms with Crippen LogP contribution in [0.15, 0.2) is 24.8 Å². The number of rotatable bonds is 2. The van der Waals surface area contributed by atoms with Crippen LogP contribution in [0.25, 0.3) is 0 Å². The van der Waals surface area contributed by atoms with E-state index in [1.165, 1.54) is 0 Å². The highest BCUT2D eigenvalue weighted by molar-refractivity contribution is 5.89. The van der Waals surface area contributed by atoms with Crippen LogP contribution in [0.2, 0.25) is 0 Å². The maximum atomic E-state index is 12.7. The first-order chi connectivity index (χ1) is 13.1. The molecule has 7 atom stereocenters. The average molecular weight is 385 g/mol. The van der Waals surface area contributed by atoms with Crippen molar-refractivity contribution >= 4 is 11.8 Å². The summed E-state index contributed by atoms with van der Waals surface area (Å²) in [6.07, 6.45) is 13.7. The summed E-state index contributed by atoms with van der Waals surface area (Å²) < 4.78 is 5.87. The van der Waals surface area contributed by atoms with E-state index in [9.17, 15) is 9.59 Å². The second kappa shape index (κ2) is 6.57. The van der Waals surface area contributed by atoms with Gasteiger partial charge in [-0.2, -0.15) is 0 Å². The lowest BCUT2D eigenvalue weighted by molar-refractivity contribution is -0.164. The van der Waals surface area contributed by atoms with Gasteiger partial charge in [-0.3, -0.25) is 9.59 Å². The van der Waals surface area contributed by atoms with E-state index < -0.39 is 5.41 Å². The molecule has 0 bridgehead atoms. The van der Waals surface area contributed by atoms with Crippen LogP contribution >= 0.6 is 0 Å². The lowest BCUT2D eigenvalue weighted by atomic mass is 9.47. The first-order valence-corrected chi connectivity index (χ1v) is 11.2. The summed E-state index contributed by atoms with van der Waals surface area (Å²) in [6.45, 7) is 12.3. The molecule has 0 saturated heterocycles. The Morgan fingerprint density at radius 2 is 1.93 bits per heavy atom. The van der Waals surface area contributed by atoms with Gasteiger partial charge in [0, 0.05) is 6.42 Å². The predicted molar refractivity (Wildman–Crippen MR) is 110 cm³/mol. The minimum atomic E-state index is -0.444. The third kappa shape index (κ3) is 2.83. The molecule has 0 radical (unpaired) electrons. The van der Waals surface area contributed by atoms with E-state index in [0.717, 1.165) is 44.9 Å². The topological polar surface area (TPSA) is 43.4 Å². The standard InChI is InChI=1S/C25H36O3/c1-6-25-14-12-19-18(20(25)9-10-21(25)26)8-7-16-15-17(11-13-24(16,19)5)28-22(27)23(2,3)4/h6-8,16-20H,1,9-15H2,2-5H3/t16-,17+,18-,19+,20+,24+,25+/m1/s1. The number of Topliss-reactive ketones (excluding diaryl/α,β-unsaturated/α-hetero) is 1. The molecule has 4 aliphatic carbocycles. The Morgan fingerprint density at radius 3 is 2.61 bits per heavy atom. The van der Waals surface area contributed by atoms with Crippen molar-refractivity contribution in [3.8, 4) is 0 Å². The van der Waals surface area contributed by atoms with Crippen LogP contribution in [-0.4, -0.2) is 17.9 Å². The van der Waals surface area contributed by atoms with Gasteiger partial charge in [-0.05, 0) is 88.4 Å². The minimum absolute atomic E-state index is 0.0370. The quantitative estimate of drug-likeness (QED) is 0.466. The third-order valence-electron chi connectivity index (χ3n) is 8.69. The largest absolute Gasteiger partial charge is 0.462 e. The zero-order chi connectivity index (χ0) is 20.3. The van der Waals surface area contributed by atoms with Gasteiger partial charge in [-0.25, -0.2) is 0 Å². The Balaban J connectivity index is 1.55. The third-order valence-corrected chi connectivity index (χ3v) is 8.69. The summed E-state index contributed by atoms with van der Waals surface area (Å²) >= 11 is 0. The Hall–Kier alpha value is -1.38. The molecule has 0 aromatic carbocycles. The van der Waals surface area contributed by atoms with Crippen molar-refractivity contribution in [2.45, 2.75) is 78.7 Å². The molecule has 3 nitrogen and oxygen atoms in total. The average Bonchev–Trinajstić information content (AvgIpc) is 2.98. The van der Waals surface area contributed by atoms with E-state index in [1.54, 1.807) is 0 Å². The molecule has 28 heavy (non-hydrogen) atoms. The Bertz CT molecular complexity index is 714. The first kappa shape index (κ1) is 19.9. The number of fused-ring (bicyclic) bond motifs is 5. The summed E-state index contributed by atoms with van der Waals surface area (Å²) in [6, 6.07) is 0. The molecule has 154 valence electrons. The number of carbonyl (C=O) groups excluding carboxylic acids is 2. The van der Waals surface area contributed by atoms with Crippen molar-refractivity contribution in [1.82, 2.24) is 0 Å². The second-order valence-electron chi connectivity index (χ2n) is 11.1. The zero-order valence-corrected chi connectivity index (χ0v) is 18.0. The fraction of sp³-hybridized carbons (Fsp3) is 0.760. The monoisotopic (exact) mass is 384 g/mol. The van der Waals surface area contributed by atoms with Crippen LogP contribution < -0.4 is 0 Å². The number of ether oxygens (including phenoxy) is 1. The van der Waals surface area contributed by atoms with Gasteiger partial charge >= 0.3 is 5.97 Å². The number of hydrogen-bond acceptors (Lipinski definition) is 3. The van der Waals surface area contributed by atoms with Gasteiger partial charge in [-0.15, -0.1) is 6.58 Å².